The molecule has 0 aliphatic carbocycles. The number of halogens is 1. The predicted molar refractivity (Wildman–Crippen MR) is 109 cm³/mol. The summed E-state index contributed by atoms with van der Waals surface area (Å²) in [6.07, 6.45) is 4.92. The van der Waals surface area contributed by atoms with Crippen LogP contribution in [0.2, 0.25) is 5.02 Å². The highest BCUT2D eigenvalue weighted by molar-refractivity contribution is 6.31. The first-order valence-corrected chi connectivity index (χ1v) is 9.63. The molecule has 2 heterocycles. The molecule has 1 unspecified atom stereocenters. The van der Waals surface area contributed by atoms with Crippen molar-refractivity contribution in [2.75, 3.05) is 18.4 Å². The molecule has 3 rings (SSSR count). The van der Waals surface area contributed by atoms with Crippen molar-refractivity contribution in [3.63, 3.8) is 0 Å². The van der Waals surface area contributed by atoms with Crippen LogP contribution in [-0.2, 0) is 5.41 Å². The van der Waals surface area contributed by atoms with Crippen molar-refractivity contribution >= 4 is 23.3 Å². The zero-order valence-corrected chi connectivity index (χ0v) is 16.8. The molecule has 1 aliphatic rings. The molecule has 0 saturated carbocycles. The maximum absolute atomic E-state index is 12.6. The van der Waals surface area contributed by atoms with Gasteiger partial charge in [0.2, 0.25) is 0 Å². The highest BCUT2D eigenvalue weighted by Crippen LogP contribution is 2.26. The number of nitrogens with zero attached hydrogens (tertiary/aromatic N) is 2. The number of pyridine rings is 1. The Kier molecular flexibility index (Phi) is 5.90. The lowest BCUT2D eigenvalue weighted by Gasteiger charge is -2.33. The van der Waals surface area contributed by atoms with Gasteiger partial charge in [-0.15, -0.1) is 0 Å². The Hall–Kier alpha value is -2.27. The quantitative estimate of drug-likeness (QED) is 0.796. The van der Waals surface area contributed by atoms with Crippen molar-refractivity contribution in [2.24, 2.45) is 0 Å². The third kappa shape index (κ3) is 5.13. The predicted octanol–water partition coefficient (Wildman–Crippen LogP) is 5.11. The van der Waals surface area contributed by atoms with Gasteiger partial charge >= 0.3 is 6.03 Å². The molecule has 1 atom stereocenters. The summed E-state index contributed by atoms with van der Waals surface area (Å²) >= 11 is 6.11. The number of piperidine rings is 1. The third-order valence-corrected chi connectivity index (χ3v) is 4.98. The summed E-state index contributed by atoms with van der Waals surface area (Å²) in [5.41, 5.74) is 2.13. The highest BCUT2D eigenvalue weighted by Gasteiger charge is 2.25. The summed E-state index contributed by atoms with van der Waals surface area (Å²) in [4.78, 5) is 18.4. The number of likely N-dealkylation sites (tertiary alicyclic amines) is 1. The van der Waals surface area contributed by atoms with Crippen LogP contribution in [0.1, 0.15) is 39.2 Å². The molecular formula is C21H26ClN3O2. The first-order chi connectivity index (χ1) is 12.8. The number of carbonyl (C=O) groups is 1. The van der Waals surface area contributed by atoms with E-state index in [1.165, 1.54) is 5.56 Å². The first-order valence-electron chi connectivity index (χ1n) is 9.25. The summed E-state index contributed by atoms with van der Waals surface area (Å²) in [6, 6.07) is 9.66. The smallest absolute Gasteiger partial charge is 0.321 e. The number of ether oxygens (including phenoxy) is 1. The van der Waals surface area contributed by atoms with Gasteiger partial charge in [-0.3, -0.25) is 4.98 Å². The van der Waals surface area contributed by atoms with Crippen LogP contribution >= 0.6 is 11.6 Å². The van der Waals surface area contributed by atoms with Crippen LogP contribution in [0.25, 0.3) is 0 Å². The molecule has 0 radical (unpaired) electrons. The number of rotatable bonds is 3. The molecule has 6 heteroatoms. The number of anilines is 1. The molecule has 2 amide bonds. The van der Waals surface area contributed by atoms with Crippen molar-refractivity contribution in [3.05, 3.63) is 53.3 Å². The molecule has 27 heavy (non-hydrogen) atoms. The lowest BCUT2D eigenvalue weighted by Crippen LogP contribution is -2.46. The van der Waals surface area contributed by atoms with E-state index in [4.69, 9.17) is 16.3 Å². The van der Waals surface area contributed by atoms with Gasteiger partial charge in [0.1, 0.15) is 16.9 Å². The van der Waals surface area contributed by atoms with E-state index in [9.17, 15) is 4.79 Å². The van der Waals surface area contributed by atoms with Gasteiger partial charge in [0.05, 0.1) is 6.54 Å². The fourth-order valence-electron chi connectivity index (χ4n) is 3.11. The summed E-state index contributed by atoms with van der Waals surface area (Å²) in [5.74, 6) is 0.608. The number of aromatic nitrogens is 1. The van der Waals surface area contributed by atoms with Crippen LogP contribution in [0.3, 0.4) is 0 Å². The van der Waals surface area contributed by atoms with Gasteiger partial charge < -0.3 is 15.0 Å². The second-order valence-electron chi connectivity index (χ2n) is 7.89. The van der Waals surface area contributed by atoms with E-state index in [0.717, 1.165) is 25.1 Å². The summed E-state index contributed by atoms with van der Waals surface area (Å²) in [6.45, 7) is 7.76. The highest BCUT2D eigenvalue weighted by atomic mass is 35.5. The van der Waals surface area contributed by atoms with E-state index < -0.39 is 0 Å². The number of carbonyl (C=O) groups excluding carboxylic acids is 1. The third-order valence-electron chi connectivity index (χ3n) is 4.70. The average molecular weight is 388 g/mol. The molecule has 0 bridgehead atoms. The number of amides is 2. The van der Waals surface area contributed by atoms with E-state index in [1.54, 1.807) is 23.4 Å². The molecule has 2 aromatic rings. The maximum atomic E-state index is 12.6. The molecule has 1 aliphatic heterocycles. The van der Waals surface area contributed by atoms with Gasteiger partial charge in [0, 0.05) is 30.7 Å². The topological polar surface area (TPSA) is 54.5 Å². The van der Waals surface area contributed by atoms with Gasteiger partial charge in [-0.05, 0) is 36.0 Å². The van der Waals surface area contributed by atoms with Crippen molar-refractivity contribution in [2.45, 2.75) is 45.1 Å². The molecule has 1 N–H and O–H groups in total. The summed E-state index contributed by atoms with van der Waals surface area (Å²) < 4.78 is 5.98. The van der Waals surface area contributed by atoms with Crippen LogP contribution in [-0.4, -0.2) is 35.1 Å². The van der Waals surface area contributed by atoms with Crippen LogP contribution in [0, 0.1) is 0 Å². The van der Waals surface area contributed by atoms with Crippen molar-refractivity contribution in [1.82, 2.24) is 9.88 Å². The zero-order valence-electron chi connectivity index (χ0n) is 16.0. The maximum Gasteiger partial charge on any atom is 0.321 e. The minimum Gasteiger partial charge on any atom is -0.487 e. The first kappa shape index (κ1) is 19.5. The van der Waals surface area contributed by atoms with E-state index in [-0.39, 0.29) is 17.6 Å². The van der Waals surface area contributed by atoms with Gasteiger partial charge in [-0.2, -0.15) is 0 Å². The molecule has 5 nitrogen and oxygen atoms in total. The molecule has 0 spiro atoms. The van der Waals surface area contributed by atoms with Gasteiger partial charge in [0.15, 0.2) is 0 Å². The SMILES string of the molecule is CC(C)(C)c1ccc(NC(=O)N2CCCC(Oc3ccncc3Cl)C2)cc1. The number of nitrogens with one attached hydrogen (secondary N) is 1. The summed E-state index contributed by atoms with van der Waals surface area (Å²) in [5, 5.41) is 3.47. The van der Waals surface area contributed by atoms with Crippen LogP contribution in [0.5, 0.6) is 5.75 Å². The van der Waals surface area contributed by atoms with E-state index >= 15 is 0 Å². The lowest BCUT2D eigenvalue weighted by molar-refractivity contribution is 0.106. The zero-order chi connectivity index (χ0) is 19.4. The van der Waals surface area contributed by atoms with E-state index in [1.807, 2.05) is 12.1 Å². The Labute approximate surface area is 165 Å². The summed E-state index contributed by atoms with van der Waals surface area (Å²) in [7, 11) is 0. The standard InChI is InChI=1S/C21H26ClN3O2/c1-21(2,3)15-6-8-16(9-7-15)24-20(26)25-12-4-5-17(14-25)27-19-10-11-23-13-18(19)22/h6-11,13,17H,4-5,12,14H2,1-3H3,(H,24,26). The second kappa shape index (κ2) is 8.17. The molecular weight excluding hydrogens is 362 g/mol. The van der Waals surface area contributed by atoms with Gasteiger partial charge in [-0.1, -0.05) is 44.5 Å². The fourth-order valence-corrected chi connectivity index (χ4v) is 3.28. The minimum atomic E-state index is -0.104. The van der Waals surface area contributed by atoms with E-state index in [0.29, 0.717) is 17.3 Å². The Bertz CT molecular complexity index is 787. The second-order valence-corrected chi connectivity index (χ2v) is 8.30. The molecule has 1 saturated heterocycles. The number of benzene rings is 1. The average Bonchev–Trinajstić information content (AvgIpc) is 2.63. The Morgan fingerprint density at radius 2 is 2.00 bits per heavy atom. The molecule has 1 aromatic carbocycles. The van der Waals surface area contributed by atoms with Crippen LogP contribution in [0.15, 0.2) is 42.7 Å². The normalized spacial score (nSPS) is 17.5. The minimum absolute atomic E-state index is 0.0762. The van der Waals surface area contributed by atoms with E-state index in [2.05, 4.69) is 43.2 Å². The number of urea groups is 1. The Morgan fingerprint density at radius 3 is 2.67 bits per heavy atom. The lowest BCUT2D eigenvalue weighted by atomic mass is 9.87. The van der Waals surface area contributed by atoms with Gasteiger partial charge in [0.25, 0.3) is 0 Å². The molecule has 144 valence electrons. The Morgan fingerprint density at radius 1 is 1.26 bits per heavy atom. The van der Waals surface area contributed by atoms with Crippen molar-refractivity contribution in [3.8, 4) is 5.75 Å². The monoisotopic (exact) mass is 387 g/mol. The van der Waals surface area contributed by atoms with Crippen LogP contribution < -0.4 is 10.1 Å². The largest absolute Gasteiger partial charge is 0.487 e. The Balaban J connectivity index is 1.59. The van der Waals surface area contributed by atoms with Gasteiger partial charge in [-0.25, -0.2) is 4.79 Å². The number of hydrogen-bond acceptors (Lipinski definition) is 3. The number of hydrogen-bond donors (Lipinski definition) is 1. The molecule has 1 aromatic heterocycles. The fraction of sp³-hybridized carbons (Fsp3) is 0.429. The van der Waals surface area contributed by atoms with Crippen molar-refractivity contribution in [1.29, 1.82) is 0 Å². The van der Waals surface area contributed by atoms with Crippen molar-refractivity contribution < 1.29 is 9.53 Å². The molecule has 1 fully saturated rings. The van der Waals surface area contributed by atoms with Crippen LogP contribution in [0.4, 0.5) is 10.5 Å².